The molecule has 6 nitrogen and oxygen atoms in total. The minimum Gasteiger partial charge on any atom is -0.384 e. The van der Waals surface area contributed by atoms with E-state index < -0.39 is 0 Å². The van der Waals surface area contributed by atoms with Crippen LogP contribution in [0.4, 0.5) is 0 Å². The Kier molecular flexibility index (Phi) is 5.97. The predicted molar refractivity (Wildman–Crippen MR) is 85.6 cm³/mol. The van der Waals surface area contributed by atoms with E-state index in [9.17, 15) is 4.79 Å². The molecule has 0 unspecified atom stereocenters. The Morgan fingerprint density at radius 3 is 2.95 bits per heavy atom. The number of nitrogens with zero attached hydrogens (tertiary/aromatic N) is 4. The first-order valence-electron chi connectivity index (χ1n) is 7.95. The second-order valence-corrected chi connectivity index (χ2v) is 6.34. The smallest absolute Gasteiger partial charge is 0.224 e. The number of methoxy groups -OCH3 is 1. The third-order valence-electron chi connectivity index (χ3n) is 4.19. The highest BCUT2D eigenvalue weighted by molar-refractivity contribution is 5.76. The molecule has 2 heterocycles. The van der Waals surface area contributed by atoms with Gasteiger partial charge in [-0.2, -0.15) is 5.10 Å². The van der Waals surface area contributed by atoms with Crippen LogP contribution in [-0.4, -0.2) is 66.4 Å². The summed E-state index contributed by atoms with van der Waals surface area (Å²) in [7, 11) is 7.74. The Morgan fingerprint density at radius 1 is 1.50 bits per heavy atom. The van der Waals surface area contributed by atoms with Crippen molar-refractivity contribution in [2.24, 2.45) is 7.05 Å². The van der Waals surface area contributed by atoms with E-state index in [-0.39, 0.29) is 5.91 Å². The molecule has 1 fully saturated rings. The maximum absolute atomic E-state index is 12.2. The fourth-order valence-corrected chi connectivity index (χ4v) is 2.99. The molecule has 0 radical (unpaired) electrons. The number of aryl methyl sites for hydroxylation is 1. The summed E-state index contributed by atoms with van der Waals surface area (Å²) in [6.45, 7) is 3.01. The first kappa shape index (κ1) is 17.0. The van der Waals surface area contributed by atoms with Gasteiger partial charge in [-0.05, 0) is 33.0 Å². The molecule has 0 saturated carbocycles. The van der Waals surface area contributed by atoms with Gasteiger partial charge in [0.1, 0.15) is 0 Å². The summed E-state index contributed by atoms with van der Waals surface area (Å²) in [5.74, 6) is 0.540. The molecule has 1 aromatic heterocycles. The molecule has 0 N–H and O–H groups in total. The lowest BCUT2D eigenvalue weighted by molar-refractivity contribution is -0.133. The molecule has 1 atom stereocenters. The summed E-state index contributed by atoms with van der Waals surface area (Å²) >= 11 is 0. The van der Waals surface area contributed by atoms with E-state index in [0.717, 1.165) is 38.2 Å². The van der Waals surface area contributed by atoms with E-state index in [0.29, 0.717) is 18.9 Å². The van der Waals surface area contributed by atoms with Crippen LogP contribution in [0, 0.1) is 0 Å². The standard InChI is InChI=1S/C16H28N4O2/c1-18(2)12-14-10-15(17-19(14)3)13-6-5-8-20(11-13)16(21)7-9-22-4/h10,13H,5-9,11-12H2,1-4H3/t13-/m1/s1. The largest absolute Gasteiger partial charge is 0.384 e. The van der Waals surface area contributed by atoms with E-state index in [2.05, 4.69) is 30.2 Å². The second-order valence-electron chi connectivity index (χ2n) is 6.34. The number of carbonyl (C=O) groups excluding carboxylic acids is 1. The number of amides is 1. The van der Waals surface area contributed by atoms with Crippen LogP contribution in [-0.2, 0) is 23.1 Å². The average molecular weight is 308 g/mol. The average Bonchev–Trinajstić information content (AvgIpc) is 2.85. The van der Waals surface area contributed by atoms with E-state index in [1.54, 1.807) is 7.11 Å². The monoisotopic (exact) mass is 308 g/mol. The number of likely N-dealkylation sites (tertiary alicyclic amines) is 1. The van der Waals surface area contributed by atoms with Crippen molar-refractivity contribution in [3.8, 4) is 0 Å². The first-order valence-corrected chi connectivity index (χ1v) is 7.95. The van der Waals surface area contributed by atoms with Crippen LogP contribution >= 0.6 is 0 Å². The Balaban J connectivity index is 2.01. The van der Waals surface area contributed by atoms with Gasteiger partial charge in [0.2, 0.25) is 5.91 Å². The molecule has 1 amide bonds. The molecule has 0 aliphatic carbocycles. The number of ether oxygens (including phenoxy) is 1. The van der Waals surface area contributed by atoms with Gasteiger partial charge < -0.3 is 14.5 Å². The molecule has 1 aromatic rings. The van der Waals surface area contributed by atoms with Gasteiger partial charge >= 0.3 is 0 Å². The third-order valence-corrected chi connectivity index (χ3v) is 4.19. The number of carbonyl (C=O) groups is 1. The van der Waals surface area contributed by atoms with Gasteiger partial charge in [-0.1, -0.05) is 0 Å². The van der Waals surface area contributed by atoms with Gasteiger partial charge in [-0.15, -0.1) is 0 Å². The highest BCUT2D eigenvalue weighted by Crippen LogP contribution is 2.27. The number of rotatable bonds is 6. The van der Waals surface area contributed by atoms with Gasteiger partial charge in [0.15, 0.2) is 0 Å². The molecule has 22 heavy (non-hydrogen) atoms. The highest BCUT2D eigenvalue weighted by atomic mass is 16.5. The summed E-state index contributed by atoms with van der Waals surface area (Å²) in [4.78, 5) is 16.3. The molecule has 1 saturated heterocycles. The van der Waals surface area contributed by atoms with Gasteiger partial charge in [0.05, 0.1) is 24.4 Å². The highest BCUT2D eigenvalue weighted by Gasteiger charge is 2.26. The Morgan fingerprint density at radius 2 is 2.27 bits per heavy atom. The summed E-state index contributed by atoms with van der Waals surface area (Å²) in [6.07, 6.45) is 2.62. The number of aromatic nitrogens is 2. The molecular formula is C16H28N4O2. The van der Waals surface area contributed by atoms with E-state index in [4.69, 9.17) is 4.74 Å². The normalized spacial score (nSPS) is 19.0. The molecule has 1 aliphatic rings. The molecule has 0 aromatic carbocycles. The maximum Gasteiger partial charge on any atom is 0.224 e. The van der Waals surface area contributed by atoms with Crippen LogP contribution in [0.2, 0.25) is 0 Å². The van der Waals surface area contributed by atoms with Crippen molar-refractivity contribution in [2.75, 3.05) is 40.9 Å². The van der Waals surface area contributed by atoms with Gasteiger partial charge in [0, 0.05) is 39.7 Å². The van der Waals surface area contributed by atoms with Crippen LogP contribution in [0.3, 0.4) is 0 Å². The van der Waals surface area contributed by atoms with Gasteiger partial charge in [-0.25, -0.2) is 0 Å². The van der Waals surface area contributed by atoms with Crippen molar-refractivity contribution in [1.82, 2.24) is 19.6 Å². The Hall–Kier alpha value is -1.40. The van der Waals surface area contributed by atoms with E-state index in [1.165, 1.54) is 5.69 Å². The molecule has 6 heteroatoms. The zero-order valence-corrected chi connectivity index (χ0v) is 14.2. The lowest BCUT2D eigenvalue weighted by atomic mass is 9.94. The van der Waals surface area contributed by atoms with Gasteiger partial charge in [0.25, 0.3) is 0 Å². The zero-order chi connectivity index (χ0) is 16.1. The zero-order valence-electron chi connectivity index (χ0n) is 14.2. The van der Waals surface area contributed by atoms with Crippen LogP contribution < -0.4 is 0 Å². The van der Waals surface area contributed by atoms with Crippen molar-refractivity contribution in [1.29, 1.82) is 0 Å². The minimum atomic E-state index is 0.191. The Bertz CT molecular complexity index is 498. The van der Waals surface area contributed by atoms with Crippen LogP contribution in [0.5, 0.6) is 0 Å². The molecular weight excluding hydrogens is 280 g/mol. The summed E-state index contributed by atoms with van der Waals surface area (Å²) in [6, 6.07) is 2.19. The number of piperidine rings is 1. The van der Waals surface area contributed by atoms with Crippen molar-refractivity contribution in [3.63, 3.8) is 0 Å². The third kappa shape index (κ3) is 4.30. The number of hydrogen-bond donors (Lipinski definition) is 0. The number of hydrogen-bond acceptors (Lipinski definition) is 4. The van der Waals surface area contributed by atoms with Crippen LogP contribution in [0.25, 0.3) is 0 Å². The molecule has 2 rings (SSSR count). The molecule has 1 aliphatic heterocycles. The van der Waals surface area contributed by atoms with Crippen molar-refractivity contribution >= 4 is 5.91 Å². The Labute approximate surface area is 133 Å². The topological polar surface area (TPSA) is 50.6 Å². The lowest BCUT2D eigenvalue weighted by Gasteiger charge is -2.32. The van der Waals surface area contributed by atoms with Crippen molar-refractivity contribution < 1.29 is 9.53 Å². The van der Waals surface area contributed by atoms with Crippen LogP contribution in [0.1, 0.15) is 36.6 Å². The fraction of sp³-hybridized carbons (Fsp3) is 0.750. The SMILES string of the molecule is COCCC(=O)N1CCC[C@@H](c2cc(CN(C)C)n(C)n2)C1. The predicted octanol–water partition coefficient (Wildman–Crippen LogP) is 1.22. The summed E-state index contributed by atoms with van der Waals surface area (Å²) in [5.41, 5.74) is 2.33. The van der Waals surface area contributed by atoms with E-state index >= 15 is 0 Å². The molecule has 0 bridgehead atoms. The van der Waals surface area contributed by atoms with Crippen LogP contribution in [0.15, 0.2) is 6.07 Å². The second kappa shape index (κ2) is 7.74. The van der Waals surface area contributed by atoms with Crippen molar-refractivity contribution in [2.45, 2.75) is 31.7 Å². The minimum absolute atomic E-state index is 0.191. The van der Waals surface area contributed by atoms with Gasteiger partial charge in [-0.3, -0.25) is 9.48 Å². The molecule has 124 valence electrons. The lowest BCUT2D eigenvalue weighted by Crippen LogP contribution is -2.39. The quantitative estimate of drug-likeness (QED) is 0.793. The maximum atomic E-state index is 12.2. The molecule has 0 spiro atoms. The first-order chi connectivity index (χ1) is 10.5. The van der Waals surface area contributed by atoms with Crippen molar-refractivity contribution in [3.05, 3.63) is 17.5 Å². The summed E-state index contributed by atoms with van der Waals surface area (Å²) in [5, 5.41) is 4.67. The summed E-state index contributed by atoms with van der Waals surface area (Å²) < 4.78 is 6.96. The van der Waals surface area contributed by atoms with E-state index in [1.807, 2.05) is 16.6 Å². The fourth-order valence-electron chi connectivity index (χ4n) is 2.99.